The highest BCUT2D eigenvalue weighted by molar-refractivity contribution is 5.91. The van der Waals surface area contributed by atoms with E-state index in [1.54, 1.807) is 12.4 Å². The van der Waals surface area contributed by atoms with Gasteiger partial charge in [-0.2, -0.15) is 28.5 Å². The highest BCUT2D eigenvalue weighted by Gasteiger charge is 2.51. The lowest BCUT2D eigenvalue weighted by atomic mass is 9.81. The highest BCUT2D eigenvalue weighted by Crippen LogP contribution is 2.40. The Morgan fingerprint density at radius 2 is 2.12 bits per heavy atom. The van der Waals surface area contributed by atoms with Crippen LogP contribution in [0.5, 0.6) is 0 Å². The Hall–Kier alpha value is -3.33. The fraction of sp³-hybridized carbons (Fsp3) is 0.500. The average Bonchev–Trinajstić information content (AvgIpc) is 3.23. The van der Waals surface area contributed by atoms with E-state index in [1.165, 1.54) is 6.20 Å². The van der Waals surface area contributed by atoms with Crippen LogP contribution in [0.3, 0.4) is 0 Å². The first-order valence-electron chi connectivity index (χ1n) is 10.3. The van der Waals surface area contributed by atoms with Crippen molar-refractivity contribution in [3.05, 3.63) is 36.2 Å². The monoisotopic (exact) mass is 447 g/mol. The number of alkyl halides is 3. The van der Waals surface area contributed by atoms with Gasteiger partial charge in [-0.25, -0.2) is 0 Å². The molecule has 0 bridgehead atoms. The number of rotatable bonds is 4. The number of hydrogen-bond acceptors (Lipinski definition) is 5. The molecule has 0 unspecified atom stereocenters. The van der Waals surface area contributed by atoms with E-state index >= 15 is 0 Å². The van der Waals surface area contributed by atoms with Crippen LogP contribution in [0.15, 0.2) is 35.7 Å². The molecule has 2 aliphatic heterocycles. The quantitative estimate of drug-likeness (QED) is 0.424. The third-order valence-electron chi connectivity index (χ3n) is 6.15. The number of nitrogens with one attached hydrogen (secondary N) is 4. The number of hydrogen-bond donors (Lipinski definition) is 4. The van der Waals surface area contributed by atoms with Crippen molar-refractivity contribution in [3.8, 4) is 6.07 Å². The summed E-state index contributed by atoms with van der Waals surface area (Å²) in [6.45, 7) is 1.69. The summed E-state index contributed by atoms with van der Waals surface area (Å²) in [5, 5.41) is 26.8. The van der Waals surface area contributed by atoms with Crippen LogP contribution in [0, 0.1) is 22.7 Å². The molecule has 9 nitrogen and oxygen atoms in total. The van der Waals surface area contributed by atoms with Crippen LogP contribution in [-0.2, 0) is 0 Å². The third-order valence-corrected chi connectivity index (χ3v) is 6.15. The Morgan fingerprint density at radius 1 is 1.38 bits per heavy atom. The van der Waals surface area contributed by atoms with Gasteiger partial charge in [-0.15, -0.1) is 0 Å². The van der Waals surface area contributed by atoms with Crippen LogP contribution in [0.25, 0.3) is 0 Å². The summed E-state index contributed by atoms with van der Waals surface area (Å²) in [4.78, 5) is 11.4. The second kappa shape index (κ2) is 8.66. The first kappa shape index (κ1) is 21.9. The van der Waals surface area contributed by atoms with Crippen molar-refractivity contribution in [1.29, 1.82) is 10.7 Å². The van der Waals surface area contributed by atoms with Gasteiger partial charge in [-0.05, 0) is 38.1 Å². The molecule has 2 saturated heterocycles. The summed E-state index contributed by atoms with van der Waals surface area (Å²) >= 11 is 0. The lowest BCUT2D eigenvalue weighted by Crippen LogP contribution is -2.72. The minimum Gasteiger partial charge on any atom is -0.365 e. The molecule has 0 aliphatic carbocycles. The average molecular weight is 447 g/mol. The van der Waals surface area contributed by atoms with E-state index in [1.807, 2.05) is 21.9 Å². The van der Waals surface area contributed by atoms with Gasteiger partial charge in [0.05, 0.1) is 41.5 Å². The second-order valence-electron chi connectivity index (χ2n) is 8.19. The summed E-state index contributed by atoms with van der Waals surface area (Å²) in [5.41, 5.74) is 1.39. The number of H-pyrrole nitrogens is 2. The SMILES string of the molecule is N#CCC1(N2CCC(C(F)(F)F)CC2)CN(c2ccc[nH]/c2=N\C(=N)Nc2cn[nH]c2)C1. The summed E-state index contributed by atoms with van der Waals surface area (Å²) < 4.78 is 39.1. The molecular formula is C20H24F3N9. The van der Waals surface area contributed by atoms with Crippen molar-refractivity contribution >= 4 is 17.3 Å². The number of aromatic nitrogens is 3. The number of halogens is 3. The molecule has 4 rings (SSSR count). The molecule has 0 amide bonds. The molecule has 4 heterocycles. The van der Waals surface area contributed by atoms with Crippen LogP contribution < -0.4 is 15.7 Å². The highest BCUT2D eigenvalue weighted by atomic mass is 19.4. The molecule has 32 heavy (non-hydrogen) atoms. The molecule has 12 heteroatoms. The van der Waals surface area contributed by atoms with Gasteiger partial charge in [0, 0.05) is 25.5 Å². The van der Waals surface area contributed by atoms with E-state index in [2.05, 4.69) is 31.6 Å². The summed E-state index contributed by atoms with van der Waals surface area (Å²) in [6.07, 6.45) is 1.06. The first-order chi connectivity index (χ1) is 15.3. The predicted octanol–water partition coefficient (Wildman–Crippen LogP) is 2.43. The van der Waals surface area contributed by atoms with Gasteiger partial charge in [0.25, 0.3) is 0 Å². The first-order valence-corrected chi connectivity index (χ1v) is 10.3. The van der Waals surface area contributed by atoms with Crippen molar-refractivity contribution in [3.63, 3.8) is 0 Å². The Labute approximate surface area is 182 Å². The molecule has 2 aromatic rings. The maximum Gasteiger partial charge on any atom is 0.391 e. The maximum absolute atomic E-state index is 13.0. The molecular weight excluding hydrogens is 423 g/mol. The molecule has 0 spiro atoms. The van der Waals surface area contributed by atoms with Crippen LogP contribution in [0.1, 0.15) is 19.3 Å². The summed E-state index contributed by atoms with van der Waals surface area (Å²) in [6, 6.07) is 5.91. The largest absolute Gasteiger partial charge is 0.391 e. The number of guanidine groups is 1. The van der Waals surface area contributed by atoms with Crippen LogP contribution in [0.4, 0.5) is 24.5 Å². The molecule has 2 fully saturated rings. The van der Waals surface area contributed by atoms with Crippen molar-refractivity contribution in [2.75, 3.05) is 36.4 Å². The fourth-order valence-corrected chi connectivity index (χ4v) is 4.45. The van der Waals surface area contributed by atoms with Gasteiger partial charge < -0.3 is 15.2 Å². The molecule has 4 N–H and O–H groups in total. The van der Waals surface area contributed by atoms with E-state index in [0.29, 0.717) is 37.4 Å². The van der Waals surface area contributed by atoms with E-state index < -0.39 is 17.6 Å². The number of pyridine rings is 1. The number of nitrogens with zero attached hydrogens (tertiary/aromatic N) is 5. The zero-order chi connectivity index (χ0) is 22.8. The Morgan fingerprint density at radius 3 is 2.75 bits per heavy atom. The molecule has 0 aromatic carbocycles. The number of piperidine rings is 1. The molecule has 0 radical (unpaired) electrons. The Kier molecular flexibility index (Phi) is 5.92. The second-order valence-corrected chi connectivity index (χ2v) is 8.19. The number of aromatic amines is 2. The zero-order valence-corrected chi connectivity index (χ0v) is 17.3. The van der Waals surface area contributed by atoms with Gasteiger partial charge in [-0.1, -0.05) is 0 Å². The fourth-order valence-electron chi connectivity index (χ4n) is 4.45. The van der Waals surface area contributed by atoms with Gasteiger partial charge in [-0.3, -0.25) is 15.4 Å². The van der Waals surface area contributed by atoms with E-state index in [9.17, 15) is 18.4 Å². The zero-order valence-electron chi connectivity index (χ0n) is 17.3. The smallest absolute Gasteiger partial charge is 0.365 e. The Balaban J connectivity index is 1.47. The van der Waals surface area contributed by atoms with Crippen LogP contribution >= 0.6 is 0 Å². The summed E-state index contributed by atoms with van der Waals surface area (Å²) in [5.74, 6) is -1.34. The predicted molar refractivity (Wildman–Crippen MR) is 112 cm³/mol. The molecule has 0 saturated carbocycles. The minimum absolute atomic E-state index is 0.0627. The number of anilines is 2. The van der Waals surface area contributed by atoms with Gasteiger partial charge in [0.1, 0.15) is 0 Å². The number of nitriles is 1. The minimum atomic E-state index is -4.16. The van der Waals surface area contributed by atoms with E-state index in [0.717, 1.165) is 5.69 Å². The molecule has 2 aliphatic rings. The number of likely N-dealkylation sites (tertiary alicyclic amines) is 1. The van der Waals surface area contributed by atoms with E-state index in [4.69, 9.17) is 5.41 Å². The molecule has 170 valence electrons. The molecule has 0 atom stereocenters. The third kappa shape index (κ3) is 4.47. The maximum atomic E-state index is 13.0. The Bertz CT molecular complexity index is 1040. The topological polar surface area (TPSA) is 123 Å². The van der Waals surface area contributed by atoms with Gasteiger partial charge in [0.2, 0.25) is 5.96 Å². The molecule has 2 aromatic heterocycles. The lowest BCUT2D eigenvalue weighted by molar-refractivity contribution is -0.188. The van der Waals surface area contributed by atoms with Crippen LogP contribution in [-0.4, -0.2) is 63.9 Å². The standard InChI is InChI=1S/C20H24F3N9/c21-20(22,23)14-3-8-32(9-4-14)19(5-6-24)12-31(13-19)16-2-1-7-26-17(16)30-18(25)29-15-10-27-28-11-15/h1-2,7,10-11,14H,3-5,8-9,12-13H2,(H,27,28)(H3,25,26,29,30). The van der Waals surface area contributed by atoms with Crippen molar-refractivity contribution in [2.45, 2.75) is 31.0 Å². The van der Waals surface area contributed by atoms with Gasteiger partial charge in [0.15, 0.2) is 5.49 Å². The summed E-state index contributed by atoms with van der Waals surface area (Å²) in [7, 11) is 0. The van der Waals surface area contributed by atoms with Crippen LogP contribution in [0.2, 0.25) is 0 Å². The van der Waals surface area contributed by atoms with Gasteiger partial charge >= 0.3 is 6.18 Å². The normalized spacial score (nSPS) is 19.9. The lowest BCUT2D eigenvalue weighted by Gasteiger charge is -2.57. The van der Waals surface area contributed by atoms with E-state index in [-0.39, 0.29) is 25.2 Å². The van der Waals surface area contributed by atoms with Crippen molar-refractivity contribution < 1.29 is 13.2 Å². The van der Waals surface area contributed by atoms with Crippen molar-refractivity contribution in [2.24, 2.45) is 10.9 Å². The van der Waals surface area contributed by atoms with Crippen molar-refractivity contribution in [1.82, 2.24) is 20.1 Å².